The summed E-state index contributed by atoms with van der Waals surface area (Å²) in [6.45, 7) is 2.56. The molecular formula is C12H18N4O. The Morgan fingerprint density at radius 2 is 2.06 bits per heavy atom. The van der Waals surface area contributed by atoms with E-state index in [9.17, 15) is 0 Å². The Morgan fingerprint density at radius 3 is 2.71 bits per heavy atom. The summed E-state index contributed by atoms with van der Waals surface area (Å²) >= 11 is 0. The summed E-state index contributed by atoms with van der Waals surface area (Å²) in [5.74, 6) is 0.187. The quantitative estimate of drug-likeness (QED) is 0.324. The highest BCUT2D eigenvalue weighted by molar-refractivity contribution is 5.78. The van der Waals surface area contributed by atoms with Crippen molar-refractivity contribution < 1.29 is 5.21 Å². The van der Waals surface area contributed by atoms with Gasteiger partial charge < -0.3 is 20.7 Å². The summed E-state index contributed by atoms with van der Waals surface area (Å²) in [7, 11) is 2.08. The normalized spacial score (nSPS) is 22.8. The smallest absolute Gasteiger partial charge is 0.233 e. The number of oxime groups is 1. The number of likely N-dealkylation sites (N-methyl/N-ethyl adjacent to an activating group) is 1. The number of piperazine rings is 1. The van der Waals surface area contributed by atoms with Crippen LogP contribution in [-0.2, 0) is 0 Å². The highest BCUT2D eigenvalue weighted by Gasteiger charge is 2.27. The van der Waals surface area contributed by atoms with Gasteiger partial charge in [-0.25, -0.2) is 0 Å². The topological polar surface area (TPSA) is 65.1 Å². The molecule has 2 rings (SSSR count). The molecule has 3 N–H and O–H groups in total. The zero-order valence-corrected chi connectivity index (χ0v) is 9.95. The van der Waals surface area contributed by atoms with Gasteiger partial charge in [-0.15, -0.1) is 0 Å². The first kappa shape index (κ1) is 11.7. The number of nitrogens with two attached hydrogens (primary N) is 1. The fraction of sp³-hybridized carbons (Fsp3) is 0.417. The van der Waals surface area contributed by atoms with Gasteiger partial charge in [0.05, 0.1) is 6.04 Å². The van der Waals surface area contributed by atoms with Crippen molar-refractivity contribution in [2.24, 2.45) is 10.9 Å². The first-order valence-corrected chi connectivity index (χ1v) is 5.70. The van der Waals surface area contributed by atoms with Gasteiger partial charge in [0.1, 0.15) is 0 Å². The van der Waals surface area contributed by atoms with E-state index in [1.165, 1.54) is 5.56 Å². The maximum atomic E-state index is 8.83. The second-order valence-corrected chi connectivity index (χ2v) is 4.34. The van der Waals surface area contributed by atoms with Crippen molar-refractivity contribution >= 4 is 5.96 Å². The first-order chi connectivity index (χ1) is 8.22. The summed E-state index contributed by atoms with van der Waals surface area (Å²) in [6.07, 6.45) is 0. The Hall–Kier alpha value is -1.75. The van der Waals surface area contributed by atoms with E-state index in [0.717, 1.165) is 19.6 Å². The van der Waals surface area contributed by atoms with Crippen LogP contribution in [-0.4, -0.2) is 47.6 Å². The van der Waals surface area contributed by atoms with Crippen molar-refractivity contribution in [3.63, 3.8) is 0 Å². The highest BCUT2D eigenvalue weighted by atomic mass is 16.4. The maximum Gasteiger partial charge on any atom is 0.233 e. The largest absolute Gasteiger partial charge is 0.408 e. The minimum absolute atomic E-state index is 0.144. The molecule has 1 fully saturated rings. The number of hydrogen-bond acceptors (Lipinski definition) is 3. The van der Waals surface area contributed by atoms with Crippen molar-refractivity contribution in [2.45, 2.75) is 6.04 Å². The van der Waals surface area contributed by atoms with E-state index in [4.69, 9.17) is 10.9 Å². The third-order valence-corrected chi connectivity index (χ3v) is 3.16. The minimum atomic E-state index is 0.144. The summed E-state index contributed by atoms with van der Waals surface area (Å²) in [6, 6.07) is 10.3. The van der Waals surface area contributed by atoms with Gasteiger partial charge in [-0.3, -0.25) is 0 Å². The summed E-state index contributed by atoms with van der Waals surface area (Å²) in [5, 5.41) is 11.9. The Morgan fingerprint density at radius 1 is 1.35 bits per heavy atom. The zero-order chi connectivity index (χ0) is 12.3. The van der Waals surface area contributed by atoms with E-state index >= 15 is 0 Å². The van der Waals surface area contributed by atoms with E-state index in [2.05, 4.69) is 29.2 Å². The molecule has 92 valence electrons. The monoisotopic (exact) mass is 234 g/mol. The predicted molar refractivity (Wildman–Crippen MR) is 66.8 cm³/mol. The highest BCUT2D eigenvalue weighted by Crippen LogP contribution is 2.24. The molecule has 1 atom stereocenters. The van der Waals surface area contributed by atoms with Crippen molar-refractivity contribution in [3.05, 3.63) is 35.9 Å². The number of guanidine groups is 1. The minimum Gasteiger partial charge on any atom is -0.408 e. The van der Waals surface area contributed by atoms with E-state index < -0.39 is 0 Å². The van der Waals surface area contributed by atoms with Gasteiger partial charge in [-0.2, -0.15) is 0 Å². The molecular weight excluding hydrogens is 216 g/mol. The van der Waals surface area contributed by atoms with Crippen molar-refractivity contribution in [1.29, 1.82) is 0 Å². The van der Waals surface area contributed by atoms with E-state index in [0.29, 0.717) is 0 Å². The fourth-order valence-electron chi connectivity index (χ4n) is 2.21. The average Bonchev–Trinajstić information content (AvgIpc) is 2.39. The van der Waals surface area contributed by atoms with Crippen LogP contribution in [0.2, 0.25) is 0 Å². The molecule has 5 heteroatoms. The van der Waals surface area contributed by atoms with Gasteiger partial charge in [-0.1, -0.05) is 35.5 Å². The molecule has 1 aliphatic heterocycles. The molecule has 1 aromatic rings. The van der Waals surface area contributed by atoms with Crippen molar-refractivity contribution in [1.82, 2.24) is 9.80 Å². The standard InChI is InChI=1S/C12H18N4O/c1-15-7-8-16(12(13)14-17)11(9-15)10-5-3-2-4-6-10/h2-6,11,17H,7-9H2,1H3,(H2,13,14). The average molecular weight is 234 g/mol. The van der Waals surface area contributed by atoms with Crippen LogP contribution in [0.4, 0.5) is 0 Å². The lowest BCUT2D eigenvalue weighted by molar-refractivity contribution is 0.145. The number of nitrogens with zero attached hydrogens (tertiary/aromatic N) is 3. The fourth-order valence-corrected chi connectivity index (χ4v) is 2.21. The number of benzene rings is 1. The molecule has 5 nitrogen and oxygen atoms in total. The molecule has 0 bridgehead atoms. The van der Waals surface area contributed by atoms with Gasteiger partial charge >= 0.3 is 0 Å². The van der Waals surface area contributed by atoms with E-state index in [1.807, 2.05) is 23.1 Å². The third-order valence-electron chi connectivity index (χ3n) is 3.16. The summed E-state index contributed by atoms with van der Waals surface area (Å²) < 4.78 is 0. The molecule has 1 saturated heterocycles. The van der Waals surface area contributed by atoms with Gasteiger partial charge in [0.15, 0.2) is 0 Å². The van der Waals surface area contributed by atoms with Gasteiger partial charge in [-0.05, 0) is 12.6 Å². The molecule has 0 spiro atoms. The van der Waals surface area contributed by atoms with Crippen LogP contribution in [0.25, 0.3) is 0 Å². The van der Waals surface area contributed by atoms with Crippen LogP contribution in [0.15, 0.2) is 35.5 Å². The van der Waals surface area contributed by atoms with Crippen LogP contribution >= 0.6 is 0 Å². The lowest BCUT2D eigenvalue weighted by Gasteiger charge is -2.40. The Kier molecular flexibility index (Phi) is 3.49. The molecule has 0 amide bonds. The molecule has 0 aromatic heterocycles. The lowest BCUT2D eigenvalue weighted by Crippen LogP contribution is -2.51. The molecule has 1 aromatic carbocycles. The zero-order valence-electron chi connectivity index (χ0n) is 9.95. The molecule has 1 unspecified atom stereocenters. The maximum absolute atomic E-state index is 8.83. The van der Waals surface area contributed by atoms with Gasteiger partial charge in [0.2, 0.25) is 5.96 Å². The Balaban J connectivity index is 2.26. The summed E-state index contributed by atoms with van der Waals surface area (Å²) in [5.41, 5.74) is 6.91. The number of hydrogen-bond donors (Lipinski definition) is 2. The van der Waals surface area contributed by atoms with Crippen LogP contribution in [0.1, 0.15) is 11.6 Å². The third kappa shape index (κ3) is 2.50. The van der Waals surface area contributed by atoms with Crippen LogP contribution in [0, 0.1) is 0 Å². The lowest BCUT2D eigenvalue weighted by atomic mass is 10.0. The molecule has 17 heavy (non-hydrogen) atoms. The molecule has 1 aliphatic rings. The van der Waals surface area contributed by atoms with Crippen molar-refractivity contribution in [2.75, 3.05) is 26.7 Å². The Bertz CT molecular complexity index is 393. The second kappa shape index (κ2) is 5.05. The molecule has 0 aliphatic carbocycles. The van der Waals surface area contributed by atoms with Crippen LogP contribution in [0.5, 0.6) is 0 Å². The van der Waals surface area contributed by atoms with Gasteiger partial charge in [0.25, 0.3) is 0 Å². The Labute approximate surface area is 101 Å². The number of rotatable bonds is 1. The first-order valence-electron chi connectivity index (χ1n) is 5.70. The van der Waals surface area contributed by atoms with Crippen molar-refractivity contribution in [3.8, 4) is 0 Å². The van der Waals surface area contributed by atoms with Crippen LogP contribution < -0.4 is 5.73 Å². The van der Waals surface area contributed by atoms with E-state index in [-0.39, 0.29) is 12.0 Å². The predicted octanol–water partition coefficient (Wildman–Crippen LogP) is 0.679. The summed E-state index contributed by atoms with van der Waals surface area (Å²) in [4.78, 5) is 4.19. The molecule has 0 radical (unpaired) electrons. The molecule has 0 saturated carbocycles. The second-order valence-electron chi connectivity index (χ2n) is 4.34. The van der Waals surface area contributed by atoms with E-state index in [1.54, 1.807) is 0 Å². The molecule has 1 heterocycles. The van der Waals surface area contributed by atoms with Crippen LogP contribution in [0.3, 0.4) is 0 Å². The SMILES string of the molecule is CN1CCN(C(N)=NO)C(c2ccccc2)C1. The van der Waals surface area contributed by atoms with Gasteiger partial charge in [0, 0.05) is 19.6 Å².